The molecule has 94 valence electrons. The van der Waals surface area contributed by atoms with Crippen LogP contribution in [0.4, 0.5) is 13.2 Å². The number of nitrogens with one attached hydrogen (secondary N) is 2. The highest BCUT2D eigenvalue weighted by atomic mass is 35.5. The molecule has 1 aliphatic rings. The normalized spacial score (nSPS) is 28.6. The summed E-state index contributed by atoms with van der Waals surface area (Å²) >= 11 is 5.50. The maximum absolute atomic E-state index is 12.6. The van der Waals surface area contributed by atoms with Crippen molar-refractivity contribution in [2.24, 2.45) is 5.92 Å². The van der Waals surface area contributed by atoms with Crippen LogP contribution in [0.2, 0.25) is 0 Å². The number of hydrogen-bond acceptors (Lipinski definition) is 2. The molecule has 0 aromatic rings. The first-order valence-corrected chi connectivity index (χ1v) is 5.48. The lowest BCUT2D eigenvalue weighted by atomic mass is 9.92. The highest BCUT2D eigenvalue weighted by Gasteiger charge is 2.46. The van der Waals surface area contributed by atoms with Crippen molar-refractivity contribution in [3.8, 4) is 0 Å². The zero-order chi connectivity index (χ0) is 12.3. The molecule has 1 aliphatic heterocycles. The van der Waals surface area contributed by atoms with Crippen molar-refractivity contribution < 1.29 is 18.0 Å². The summed E-state index contributed by atoms with van der Waals surface area (Å²) < 4.78 is 37.9. The molecule has 3 atom stereocenters. The maximum Gasteiger partial charge on any atom is 0.393 e. The van der Waals surface area contributed by atoms with E-state index in [0.29, 0.717) is 6.54 Å². The minimum Gasteiger partial charge on any atom is -0.350 e. The van der Waals surface area contributed by atoms with Crippen LogP contribution in [0.15, 0.2) is 0 Å². The summed E-state index contributed by atoms with van der Waals surface area (Å²) in [6, 6.07) is -0.928. The van der Waals surface area contributed by atoms with Crippen molar-refractivity contribution in [1.82, 2.24) is 10.6 Å². The lowest BCUT2D eigenvalue weighted by Gasteiger charge is -2.34. The Labute approximate surface area is 96.7 Å². The third-order valence-electron chi connectivity index (χ3n) is 2.59. The van der Waals surface area contributed by atoms with Crippen LogP contribution in [0.3, 0.4) is 0 Å². The number of carbonyl (C=O) groups is 1. The van der Waals surface area contributed by atoms with Crippen LogP contribution in [-0.4, -0.2) is 36.6 Å². The van der Waals surface area contributed by atoms with E-state index in [-0.39, 0.29) is 13.0 Å². The Kier molecular flexibility index (Phi) is 4.43. The van der Waals surface area contributed by atoms with Crippen molar-refractivity contribution in [2.75, 3.05) is 13.1 Å². The van der Waals surface area contributed by atoms with E-state index in [2.05, 4.69) is 10.6 Å². The van der Waals surface area contributed by atoms with E-state index in [1.807, 2.05) is 0 Å². The molecule has 1 heterocycles. The Morgan fingerprint density at radius 1 is 1.56 bits per heavy atom. The van der Waals surface area contributed by atoms with Crippen LogP contribution in [0, 0.1) is 5.92 Å². The first-order valence-electron chi connectivity index (χ1n) is 5.04. The van der Waals surface area contributed by atoms with Gasteiger partial charge in [0.25, 0.3) is 0 Å². The molecular formula is C9H14ClF3N2O. The minimum atomic E-state index is -4.28. The molecule has 0 bridgehead atoms. The molecule has 0 aliphatic carbocycles. The molecule has 0 spiro atoms. The molecule has 3 nitrogen and oxygen atoms in total. The van der Waals surface area contributed by atoms with Gasteiger partial charge in [-0.3, -0.25) is 4.79 Å². The fourth-order valence-corrected chi connectivity index (χ4v) is 1.76. The van der Waals surface area contributed by atoms with Gasteiger partial charge in [-0.2, -0.15) is 13.2 Å². The van der Waals surface area contributed by atoms with Gasteiger partial charge in [-0.15, -0.1) is 11.6 Å². The molecule has 0 radical (unpaired) electrons. The van der Waals surface area contributed by atoms with Crippen LogP contribution in [0.1, 0.15) is 13.3 Å². The largest absolute Gasteiger partial charge is 0.393 e. The van der Waals surface area contributed by atoms with Crippen molar-refractivity contribution in [3.05, 3.63) is 0 Å². The molecule has 0 saturated carbocycles. The van der Waals surface area contributed by atoms with Gasteiger partial charge < -0.3 is 10.6 Å². The Balaban J connectivity index is 2.64. The van der Waals surface area contributed by atoms with E-state index in [4.69, 9.17) is 11.6 Å². The second kappa shape index (κ2) is 5.23. The lowest BCUT2D eigenvalue weighted by molar-refractivity contribution is -0.187. The molecule has 7 heteroatoms. The van der Waals surface area contributed by atoms with Crippen LogP contribution in [0.25, 0.3) is 0 Å². The second-order valence-corrected chi connectivity index (χ2v) is 4.53. The summed E-state index contributed by atoms with van der Waals surface area (Å²) in [7, 11) is 0. The molecule has 1 amide bonds. The van der Waals surface area contributed by atoms with Crippen molar-refractivity contribution in [1.29, 1.82) is 0 Å². The van der Waals surface area contributed by atoms with E-state index >= 15 is 0 Å². The van der Waals surface area contributed by atoms with Gasteiger partial charge in [-0.25, -0.2) is 0 Å². The summed E-state index contributed by atoms with van der Waals surface area (Å²) in [5.41, 5.74) is 0. The lowest BCUT2D eigenvalue weighted by Crippen LogP contribution is -2.56. The third kappa shape index (κ3) is 3.52. The first-order chi connectivity index (χ1) is 7.32. The van der Waals surface area contributed by atoms with Gasteiger partial charge in [-0.05, 0) is 19.9 Å². The smallest absolute Gasteiger partial charge is 0.350 e. The summed E-state index contributed by atoms with van der Waals surface area (Å²) in [4.78, 5) is 11.2. The van der Waals surface area contributed by atoms with Crippen LogP contribution < -0.4 is 10.6 Å². The average molecular weight is 259 g/mol. The molecule has 16 heavy (non-hydrogen) atoms. The predicted molar refractivity (Wildman–Crippen MR) is 54.3 cm³/mol. The molecule has 3 unspecified atom stereocenters. The average Bonchev–Trinajstić information content (AvgIpc) is 2.16. The molecular weight excluding hydrogens is 245 g/mol. The number of rotatable bonds is 2. The highest BCUT2D eigenvalue weighted by Crippen LogP contribution is 2.32. The number of alkyl halides is 4. The quantitative estimate of drug-likeness (QED) is 0.733. The summed E-state index contributed by atoms with van der Waals surface area (Å²) in [5, 5.41) is 4.32. The Morgan fingerprint density at radius 3 is 2.69 bits per heavy atom. The van der Waals surface area contributed by atoms with Gasteiger partial charge in [0.2, 0.25) is 5.91 Å². The zero-order valence-electron chi connectivity index (χ0n) is 8.77. The van der Waals surface area contributed by atoms with Gasteiger partial charge in [0, 0.05) is 6.54 Å². The molecule has 2 N–H and O–H groups in total. The maximum atomic E-state index is 12.6. The van der Waals surface area contributed by atoms with Gasteiger partial charge in [0.15, 0.2) is 0 Å². The van der Waals surface area contributed by atoms with E-state index in [1.54, 1.807) is 0 Å². The fraction of sp³-hybridized carbons (Fsp3) is 0.889. The van der Waals surface area contributed by atoms with Crippen molar-refractivity contribution in [2.45, 2.75) is 30.9 Å². The molecule has 0 aromatic heterocycles. The highest BCUT2D eigenvalue weighted by molar-refractivity contribution is 6.30. The monoisotopic (exact) mass is 258 g/mol. The standard InChI is InChI=1S/C9H14ClF3N2O/c1-5(10)8(16)15-7-4-14-3-2-6(7)9(11,12)13/h5-7,14H,2-4H2,1H3,(H,15,16). The third-order valence-corrected chi connectivity index (χ3v) is 2.79. The van der Waals surface area contributed by atoms with Crippen molar-refractivity contribution in [3.63, 3.8) is 0 Å². The Hall–Kier alpha value is -0.490. The first kappa shape index (κ1) is 13.6. The molecule has 1 rings (SSSR count). The zero-order valence-corrected chi connectivity index (χ0v) is 9.53. The van der Waals surface area contributed by atoms with Crippen LogP contribution in [-0.2, 0) is 4.79 Å². The van der Waals surface area contributed by atoms with E-state index in [0.717, 1.165) is 0 Å². The number of carbonyl (C=O) groups excluding carboxylic acids is 1. The van der Waals surface area contributed by atoms with E-state index < -0.39 is 29.4 Å². The van der Waals surface area contributed by atoms with Crippen molar-refractivity contribution >= 4 is 17.5 Å². The SMILES string of the molecule is CC(Cl)C(=O)NC1CNCCC1C(F)(F)F. The van der Waals surface area contributed by atoms with E-state index in [1.165, 1.54) is 6.92 Å². The summed E-state index contributed by atoms with van der Waals surface area (Å²) in [5.74, 6) is -2.06. The van der Waals surface area contributed by atoms with Crippen LogP contribution >= 0.6 is 11.6 Å². The fourth-order valence-electron chi connectivity index (χ4n) is 1.70. The summed E-state index contributed by atoms with van der Waals surface area (Å²) in [6.07, 6.45) is -4.30. The summed E-state index contributed by atoms with van der Waals surface area (Å²) in [6.45, 7) is 1.86. The predicted octanol–water partition coefficient (Wildman–Crippen LogP) is 1.27. The van der Waals surface area contributed by atoms with E-state index in [9.17, 15) is 18.0 Å². The number of hydrogen-bond donors (Lipinski definition) is 2. The van der Waals surface area contributed by atoms with Gasteiger partial charge in [0.1, 0.15) is 5.38 Å². The molecule has 1 saturated heterocycles. The Morgan fingerprint density at radius 2 is 2.19 bits per heavy atom. The van der Waals surface area contributed by atoms with Gasteiger partial charge in [-0.1, -0.05) is 0 Å². The Bertz CT molecular complexity index is 258. The second-order valence-electron chi connectivity index (χ2n) is 3.87. The number of piperidine rings is 1. The minimum absolute atomic E-state index is 0.0227. The molecule has 1 fully saturated rings. The topological polar surface area (TPSA) is 41.1 Å². The number of halogens is 4. The molecule has 0 aromatic carbocycles. The van der Waals surface area contributed by atoms with Gasteiger partial charge in [0.05, 0.1) is 12.0 Å². The van der Waals surface area contributed by atoms with Gasteiger partial charge >= 0.3 is 6.18 Å². The van der Waals surface area contributed by atoms with Crippen LogP contribution in [0.5, 0.6) is 0 Å². The number of amides is 1.